The first-order chi connectivity index (χ1) is 7.25. The zero-order valence-electron chi connectivity index (χ0n) is 10.0. The lowest BCUT2D eigenvalue weighted by atomic mass is 10.1. The Hall–Kier alpha value is -0.120. The summed E-state index contributed by atoms with van der Waals surface area (Å²) >= 11 is 0. The van der Waals surface area contributed by atoms with Gasteiger partial charge in [-0.25, -0.2) is 0 Å². The average molecular weight is 212 g/mol. The van der Waals surface area contributed by atoms with Crippen LogP contribution in [0.25, 0.3) is 0 Å². The Morgan fingerprint density at radius 1 is 1.13 bits per heavy atom. The zero-order chi connectivity index (χ0) is 10.7. The molecule has 0 aromatic heterocycles. The van der Waals surface area contributed by atoms with Crippen LogP contribution < -0.4 is 5.32 Å². The average Bonchev–Trinajstić information content (AvgIpc) is 2.71. The lowest BCUT2D eigenvalue weighted by molar-refractivity contribution is -0.0374. The quantitative estimate of drug-likeness (QED) is 0.762. The third kappa shape index (κ3) is 3.16. The highest BCUT2D eigenvalue weighted by atomic mass is 16.5. The van der Waals surface area contributed by atoms with E-state index in [1.165, 1.54) is 32.4 Å². The van der Waals surface area contributed by atoms with Crippen LogP contribution in [0.3, 0.4) is 0 Å². The number of nitrogens with zero attached hydrogens (tertiary/aromatic N) is 1. The van der Waals surface area contributed by atoms with Gasteiger partial charge in [0, 0.05) is 25.7 Å². The number of rotatable bonds is 3. The molecule has 1 atom stereocenters. The van der Waals surface area contributed by atoms with Gasteiger partial charge in [0.25, 0.3) is 0 Å². The molecule has 3 nitrogen and oxygen atoms in total. The fourth-order valence-corrected chi connectivity index (χ4v) is 2.54. The van der Waals surface area contributed by atoms with Crippen LogP contribution in [-0.4, -0.2) is 49.3 Å². The fourth-order valence-electron chi connectivity index (χ4n) is 2.54. The van der Waals surface area contributed by atoms with Crippen LogP contribution in [0, 0.1) is 0 Å². The van der Waals surface area contributed by atoms with Gasteiger partial charge in [-0.1, -0.05) is 0 Å². The Kier molecular flexibility index (Phi) is 4.00. The summed E-state index contributed by atoms with van der Waals surface area (Å²) in [5.41, 5.74) is 0. The van der Waals surface area contributed by atoms with Crippen molar-refractivity contribution < 1.29 is 4.74 Å². The van der Waals surface area contributed by atoms with E-state index in [0.29, 0.717) is 18.2 Å². The molecule has 0 saturated carbocycles. The first kappa shape index (κ1) is 11.4. The lowest BCUT2D eigenvalue weighted by Gasteiger charge is -2.35. The SMILES string of the molecule is CC(C)N1CCC(OC2CCNC2)CC1. The maximum Gasteiger partial charge on any atom is 0.0715 e. The van der Waals surface area contributed by atoms with Crippen LogP contribution >= 0.6 is 0 Å². The first-order valence-corrected chi connectivity index (χ1v) is 6.36. The molecule has 2 saturated heterocycles. The Morgan fingerprint density at radius 2 is 1.87 bits per heavy atom. The van der Waals surface area contributed by atoms with Crippen molar-refractivity contribution in [2.75, 3.05) is 26.2 Å². The summed E-state index contributed by atoms with van der Waals surface area (Å²) in [5.74, 6) is 0. The second kappa shape index (κ2) is 5.28. The zero-order valence-corrected chi connectivity index (χ0v) is 10.0. The summed E-state index contributed by atoms with van der Waals surface area (Å²) in [7, 11) is 0. The molecule has 0 bridgehead atoms. The number of hydrogen-bond donors (Lipinski definition) is 1. The van der Waals surface area contributed by atoms with E-state index in [1.54, 1.807) is 0 Å². The molecule has 0 amide bonds. The van der Waals surface area contributed by atoms with Crippen LogP contribution in [-0.2, 0) is 4.74 Å². The minimum Gasteiger partial charge on any atom is -0.374 e. The minimum absolute atomic E-state index is 0.487. The molecule has 15 heavy (non-hydrogen) atoms. The van der Waals surface area contributed by atoms with Crippen molar-refractivity contribution in [3.8, 4) is 0 Å². The molecular weight excluding hydrogens is 188 g/mol. The predicted molar refractivity (Wildman–Crippen MR) is 62.1 cm³/mol. The lowest BCUT2D eigenvalue weighted by Crippen LogP contribution is -2.42. The topological polar surface area (TPSA) is 24.5 Å². The van der Waals surface area contributed by atoms with Gasteiger partial charge in [-0.15, -0.1) is 0 Å². The molecule has 0 aromatic carbocycles. The van der Waals surface area contributed by atoms with Crippen molar-refractivity contribution in [1.29, 1.82) is 0 Å². The molecule has 0 spiro atoms. The molecule has 2 aliphatic heterocycles. The molecule has 1 unspecified atom stereocenters. The second-order valence-corrected chi connectivity index (χ2v) is 5.08. The van der Waals surface area contributed by atoms with Crippen molar-refractivity contribution in [2.24, 2.45) is 0 Å². The van der Waals surface area contributed by atoms with Crippen molar-refractivity contribution in [1.82, 2.24) is 10.2 Å². The summed E-state index contributed by atoms with van der Waals surface area (Å²) in [6.45, 7) is 9.18. The van der Waals surface area contributed by atoms with Gasteiger partial charge >= 0.3 is 0 Å². The van der Waals surface area contributed by atoms with E-state index in [0.717, 1.165) is 13.1 Å². The van der Waals surface area contributed by atoms with Crippen LogP contribution in [0.1, 0.15) is 33.1 Å². The first-order valence-electron chi connectivity index (χ1n) is 6.36. The maximum atomic E-state index is 6.09. The second-order valence-electron chi connectivity index (χ2n) is 5.08. The van der Waals surface area contributed by atoms with Crippen LogP contribution in [0.2, 0.25) is 0 Å². The highest BCUT2D eigenvalue weighted by Gasteiger charge is 2.25. The number of ether oxygens (including phenoxy) is 1. The number of hydrogen-bond acceptors (Lipinski definition) is 3. The molecule has 2 rings (SSSR count). The molecule has 2 heterocycles. The summed E-state index contributed by atoms with van der Waals surface area (Å²) in [6, 6.07) is 0.694. The summed E-state index contributed by atoms with van der Waals surface area (Å²) in [5, 5.41) is 3.35. The minimum atomic E-state index is 0.487. The van der Waals surface area contributed by atoms with Gasteiger partial charge in [0.05, 0.1) is 12.2 Å². The van der Waals surface area contributed by atoms with E-state index < -0.39 is 0 Å². The number of nitrogens with one attached hydrogen (secondary N) is 1. The molecule has 0 radical (unpaired) electrons. The normalized spacial score (nSPS) is 30.2. The molecule has 2 fully saturated rings. The smallest absolute Gasteiger partial charge is 0.0715 e. The van der Waals surface area contributed by atoms with Gasteiger partial charge in [-0.3, -0.25) is 0 Å². The Morgan fingerprint density at radius 3 is 2.40 bits per heavy atom. The van der Waals surface area contributed by atoms with E-state index in [9.17, 15) is 0 Å². The number of likely N-dealkylation sites (tertiary alicyclic amines) is 1. The van der Waals surface area contributed by atoms with E-state index in [1.807, 2.05) is 0 Å². The number of piperidine rings is 1. The summed E-state index contributed by atoms with van der Waals surface area (Å²) in [4.78, 5) is 2.55. The Bertz CT molecular complexity index is 182. The van der Waals surface area contributed by atoms with Gasteiger partial charge in [0.15, 0.2) is 0 Å². The van der Waals surface area contributed by atoms with Gasteiger partial charge in [-0.2, -0.15) is 0 Å². The molecule has 88 valence electrons. The largest absolute Gasteiger partial charge is 0.374 e. The van der Waals surface area contributed by atoms with Gasteiger partial charge < -0.3 is 15.0 Å². The van der Waals surface area contributed by atoms with Crippen LogP contribution in [0.4, 0.5) is 0 Å². The maximum absolute atomic E-state index is 6.09. The van der Waals surface area contributed by atoms with Gasteiger partial charge in [0.1, 0.15) is 0 Å². The van der Waals surface area contributed by atoms with Crippen molar-refractivity contribution >= 4 is 0 Å². The van der Waals surface area contributed by atoms with Crippen molar-refractivity contribution in [3.63, 3.8) is 0 Å². The monoisotopic (exact) mass is 212 g/mol. The molecule has 0 aliphatic carbocycles. The summed E-state index contributed by atoms with van der Waals surface area (Å²) in [6.07, 6.45) is 4.64. The Balaban J connectivity index is 1.68. The van der Waals surface area contributed by atoms with Crippen LogP contribution in [0.15, 0.2) is 0 Å². The summed E-state index contributed by atoms with van der Waals surface area (Å²) < 4.78 is 6.09. The van der Waals surface area contributed by atoms with Crippen molar-refractivity contribution in [2.45, 2.75) is 51.4 Å². The van der Waals surface area contributed by atoms with Crippen LogP contribution in [0.5, 0.6) is 0 Å². The molecule has 3 heteroatoms. The van der Waals surface area contributed by atoms with E-state index in [4.69, 9.17) is 4.74 Å². The fraction of sp³-hybridized carbons (Fsp3) is 1.00. The third-order valence-electron chi connectivity index (χ3n) is 3.61. The van der Waals surface area contributed by atoms with E-state index in [-0.39, 0.29) is 0 Å². The molecular formula is C12H24N2O. The highest BCUT2D eigenvalue weighted by Crippen LogP contribution is 2.18. The standard InChI is InChI=1S/C12H24N2O/c1-10(2)14-7-4-11(5-8-14)15-12-3-6-13-9-12/h10-13H,3-9H2,1-2H3. The van der Waals surface area contributed by atoms with E-state index >= 15 is 0 Å². The molecule has 0 aromatic rings. The molecule has 1 N–H and O–H groups in total. The molecule has 2 aliphatic rings. The van der Waals surface area contributed by atoms with Crippen molar-refractivity contribution in [3.05, 3.63) is 0 Å². The highest BCUT2D eigenvalue weighted by molar-refractivity contribution is 4.78. The van der Waals surface area contributed by atoms with Gasteiger partial charge in [0.2, 0.25) is 0 Å². The Labute approximate surface area is 93.2 Å². The predicted octanol–water partition coefficient (Wildman–Crippen LogP) is 1.24. The van der Waals surface area contributed by atoms with Gasteiger partial charge in [-0.05, 0) is 39.7 Å². The third-order valence-corrected chi connectivity index (χ3v) is 3.61. The van der Waals surface area contributed by atoms with E-state index in [2.05, 4.69) is 24.1 Å².